The van der Waals surface area contributed by atoms with Gasteiger partial charge in [-0.25, -0.2) is 0 Å². The summed E-state index contributed by atoms with van der Waals surface area (Å²) in [6.45, 7) is 4.71. The number of likely N-dealkylation sites (tertiary alicyclic amines) is 2. The van der Waals surface area contributed by atoms with Gasteiger partial charge in [-0.05, 0) is 37.6 Å². The number of carbonyl (C=O) groups excluding carboxylic acids is 1. The summed E-state index contributed by atoms with van der Waals surface area (Å²) >= 11 is 0. The van der Waals surface area contributed by atoms with E-state index in [0.717, 1.165) is 38.9 Å². The minimum Gasteiger partial charge on any atom is -0.481 e. The highest BCUT2D eigenvalue weighted by atomic mass is 16.4. The fourth-order valence-corrected chi connectivity index (χ4v) is 3.37. The van der Waals surface area contributed by atoms with Gasteiger partial charge in [0.25, 0.3) is 0 Å². The quantitative estimate of drug-likeness (QED) is 0.827. The van der Waals surface area contributed by atoms with Crippen LogP contribution in [0.1, 0.15) is 32.6 Å². The Morgan fingerprint density at radius 2 is 2.16 bits per heavy atom. The van der Waals surface area contributed by atoms with Gasteiger partial charge < -0.3 is 10.0 Å². The van der Waals surface area contributed by atoms with Crippen molar-refractivity contribution in [3.8, 4) is 0 Å². The number of nitrogens with zero attached hydrogens (tertiary/aromatic N) is 2. The highest BCUT2D eigenvalue weighted by Crippen LogP contribution is 2.29. The van der Waals surface area contributed by atoms with Crippen molar-refractivity contribution in [2.75, 3.05) is 26.7 Å². The maximum absolute atomic E-state index is 12.0. The van der Waals surface area contributed by atoms with E-state index >= 15 is 0 Å². The molecule has 0 aliphatic carbocycles. The number of aliphatic carboxylic acids is 1. The van der Waals surface area contributed by atoms with Crippen LogP contribution in [0.4, 0.5) is 0 Å². The van der Waals surface area contributed by atoms with E-state index in [9.17, 15) is 9.59 Å². The van der Waals surface area contributed by atoms with Gasteiger partial charge in [-0.15, -0.1) is 0 Å². The van der Waals surface area contributed by atoms with Crippen LogP contribution in [0.15, 0.2) is 0 Å². The first kappa shape index (κ1) is 14.3. The molecule has 108 valence electrons. The van der Waals surface area contributed by atoms with Gasteiger partial charge >= 0.3 is 5.97 Å². The molecule has 1 amide bonds. The Morgan fingerprint density at radius 1 is 1.42 bits per heavy atom. The molecule has 0 spiro atoms. The Labute approximate surface area is 114 Å². The van der Waals surface area contributed by atoms with Crippen LogP contribution in [-0.2, 0) is 9.59 Å². The Hall–Kier alpha value is -1.10. The summed E-state index contributed by atoms with van der Waals surface area (Å²) in [5.74, 6) is 0.103. The second kappa shape index (κ2) is 5.90. The first-order chi connectivity index (χ1) is 8.99. The molecule has 2 rings (SSSR count). The van der Waals surface area contributed by atoms with Gasteiger partial charge in [0.1, 0.15) is 0 Å². The third kappa shape index (κ3) is 3.26. The molecule has 0 aromatic heterocycles. The zero-order valence-electron chi connectivity index (χ0n) is 11.8. The van der Waals surface area contributed by atoms with Gasteiger partial charge in [-0.3, -0.25) is 14.5 Å². The van der Waals surface area contributed by atoms with Gasteiger partial charge in [0.2, 0.25) is 5.91 Å². The highest BCUT2D eigenvalue weighted by molar-refractivity contribution is 5.83. The average molecular weight is 268 g/mol. The molecule has 2 aliphatic rings. The summed E-state index contributed by atoms with van der Waals surface area (Å²) in [4.78, 5) is 26.9. The van der Waals surface area contributed by atoms with Gasteiger partial charge in [-0.1, -0.05) is 6.92 Å². The van der Waals surface area contributed by atoms with Crippen molar-refractivity contribution in [3.63, 3.8) is 0 Å². The molecule has 0 aromatic rings. The molecule has 19 heavy (non-hydrogen) atoms. The van der Waals surface area contributed by atoms with Crippen LogP contribution in [0.5, 0.6) is 0 Å². The molecule has 2 heterocycles. The third-order valence-electron chi connectivity index (χ3n) is 4.63. The van der Waals surface area contributed by atoms with E-state index in [2.05, 4.69) is 4.90 Å². The molecule has 5 heteroatoms. The van der Waals surface area contributed by atoms with E-state index < -0.39 is 5.97 Å². The lowest BCUT2D eigenvalue weighted by Crippen LogP contribution is -2.47. The molecule has 0 radical (unpaired) electrons. The molecule has 5 nitrogen and oxygen atoms in total. The smallest absolute Gasteiger partial charge is 0.303 e. The first-order valence-corrected chi connectivity index (χ1v) is 7.20. The number of carboxylic acid groups (broad SMARTS) is 1. The summed E-state index contributed by atoms with van der Waals surface area (Å²) in [5, 5.41) is 8.89. The predicted octanol–water partition coefficient (Wildman–Crippen LogP) is 1.04. The van der Waals surface area contributed by atoms with E-state index in [0.29, 0.717) is 5.92 Å². The molecule has 3 unspecified atom stereocenters. The Kier molecular flexibility index (Phi) is 4.45. The van der Waals surface area contributed by atoms with Crippen molar-refractivity contribution in [2.45, 2.75) is 38.6 Å². The maximum Gasteiger partial charge on any atom is 0.303 e. The molecule has 2 aliphatic heterocycles. The molecule has 0 saturated carbocycles. The Bertz CT molecular complexity index is 359. The molecule has 3 atom stereocenters. The van der Waals surface area contributed by atoms with E-state index in [1.54, 1.807) is 4.90 Å². The van der Waals surface area contributed by atoms with Gasteiger partial charge in [0.05, 0.1) is 6.04 Å². The number of piperidine rings is 1. The maximum atomic E-state index is 12.0. The van der Waals surface area contributed by atoms with Gasteiger partial charge in [-0.2, -0.15) is 0 Å². The minimum absolute atomic E-state index is 0.0322. The van der Waals surface area contributed by atoms with Crippen LogP contribution < -0.4 is 0 Å². The van der Waals surface area contributed by atoms with E-state index in [-0.39, 0.29) is 24.3 Å². The number of hydrogen-bond donors (Lipinski definition) is 1. The lowest BCUT2D eigenvalue weighted by atomic mass is 9.84. The zero-order chi connectivity index (χ0) is 14.0. The van der Waals surface area contributed by atoms with Crippen LogP contribution in [0.3, 0.4) is 0 Å². The summed E-state index contributed by atoms with van der Waals surface area (Å²) in [7, 11) is 1.86. The number of amides is 1. The summed E-state index contributed by atoms with van der Waals surface area (Å²) in [6, 6.07) is 0.0322. The van der Waals surface area contributed by atoms with Crippen LogP contribution in [0.25, 0.3) is 0 Å². The predicted molar refractivity (Wildman–Crippen MR) is 71.8 cm³/mol. The van der Waals surface area contributed by atoms with Crippen molar-refractivity contribution >= 4 is 11.9 Å². The Balaban J connectivity index is 1.93. The van der Waals surface area contributed by atoms with Crippen LogP contribution in [-0.4, -0.2) is 59.5 Å². The molecular weight excluding hydrogens is 244 g/mol. The van der Waals surface area contributed by atoms with Crippen LogP contribution in [0.2, 0.25) is 0 Å². The SMILES string of the molecule is CC(CC(=O)O)C1CCCN(C2CCN(C)C2=O)C1. The normalized spacial score (nSPS) is 30.6. The summed E-state index contributed by atoms with van der Waals surface area (Å²) in [6.07, 6.45) is 3.30. The fraction of sp³-hybridized carbons (Fsp3) is 0.857. The number of rotatable bonds is 4. The molecule has 2 fully saturated rings. The lowest BCUT2D eigenvalue weighted by Gasteiger charge is -2.38. The van der Waals surface area contributed by atoms with Crippen molar-refractivity contribution < 1.29 is 14.7 Å². The fourth-order valence-electron chi connectivity index (χ4n) is 3.37. The van der Waals surface area contributed by atoms with Gasteiger partial charge in [0, 0.05) is 26.6 Å². The molecule has 0 bridgehead atoms. The highest BCUT2D eigenvalue weighted by Gasteiger charge is 2.37. The average Bonchev–Trinajstić information content (AvgIpc) is 2.69. The van der Waals surface area contributed by atoms with E-state index in [1.807, 2.05) is 14.0 Å². The number of carboxylic acids is 1. The van der Waals surface area contributed by atoms with Gasteiger partial charge in [0.15, 0.2) is 0 Å². The summed E-state index contributed by atoms with van der Waals surface area (Å²) < 4.78 is 0. The molecular formula is C14H24N2O3. The van der Waals surface area contributed by atoms with Crippen molar-refractivity contribution in [2.24, 2.45) is 11.8 Å². The molecule has 0 aromatic carbocycles. The standard InChI is InChI=1S/C14H24N2O3/c1-10(8-13(17)18)11-4-3-6-16(9-11)12-5-7-15(2)14(12)19/h10-12H,3-9H2,1-2H3,(H,17,18). The van der Waals surface area contributed by atoms with Crippen molar-refractivity contribution in [1.29, 1.82) is 0 Å². The van der Waals surface area contributed by atoms with Crippen LogP contribution in [0, 0.1) is 11.8 Å². The van der Waals surface area contributed by atoms with Crippen molar-refractivity contribution in [3.05, 3.63) is 0 Å². The molecule has 2 saturated heterocycles. The number of hydrogen-bond acceptors (Lipinski definition) is 3. The first-order valence-electron chi connectivity index (χ1n) is 7.20. The van der Waals surface area contributed by atoms with Crippen molar-refractivity contribution in [1.82, 2.24) is 9.80 Å². The lowest BCUT2D eigenvalue weighted by molar-refractivity contribution is -0.139. The summed E-state index contributed by atoms with van der Waals surface area (Å²) in [5.41, 5.74) is 0. The zero-order valence-corrected chi connectivity index (χ0v) is 11.8. The second-order valence-electron chi connectivity index (χ2n) is 6.04. The third-order valence-corrected chi connectivity index (χ3v) is 4.63. The monoisotopic (exact) mass is 268 g/mol. The van der Waals surface area contributed by atoms with Crippen LogP contribution >= 0.6 is 0 Å². The largest absolute Gasteiger partial charge is 0.481 e. The van der Waals surface area contributed by atoms with E-state index in [4.69, 9.17) is 5.11 Å². The minimum atomic E-state index is -0.721. The molecule has 1 N–H and O–H groups in total. The second-order valence-corrected chi connectivity index (χ2v) is 6.04. The topological polar surface area (TPSA) is 60.9 Å². The Morgan fingerprint density at radius 3 is 2.74 bits per heavy atom. The number of likely N-dealkylation sites (N-methyl/N-ethyl adjacent to an activating group) is 1. The van der Waals surface area contributed by atoms with E-state index in [1.165, 1.54) is 0 Å². The number of carbonyl (C=O) groups is 2.